The monoisotopic (exact) mass is 326 g/mol. The number of hydrogen-bond donors (Lipinski definition) is 2. The summed E-state index contributed by atoms with van der Waals surface area (Å²) in [5, 5.41) is 14.6. The molecule has 0 aliphatic carbocycles. The number of nitrogens with zero attached hydrogens (tertiary/aromatic N) is 4. The second-order valence-corrected chi connectivity index (χ2v) is 6.50. The second kappa shape index (κ2) is 6.24. The molecule has 24 heavy (non-hydrogen) atoms. The lowest BCUT2D eigenvalue weighted by Gasteiger charge is -2.22. The minimum absolute atomic E-state index is 0.0595. The van der Waals surface area contributed by atoms with Gasteiger partial charge in [-0.2, -0.15) is 0 Å². The molecule has 7 heteroatoms. The first-order valence-corrected chi connectivity index (χ1v) is 8.46. The summed E-state index contributed by atoms with van der Waals surface area (Å²) in [6.45, 7) is 5.07. The number of carbonyl (C=O) groups is 1. The predicted octanol–water partition coefficient (Wildman–Crippen LogP) is 1.60. The summed E-state index contributed by atoms with van der Waals surface area (Å²) < 4.78 is 1.90. The van der Waals surface area contributed by atoms with Crippen LogP contribution >= 0.6 is 0 Å². The van der Waals surface area contributed by atoms with E-state index in [2.05, 4.69) is 40.0 Å². The van der Waals surface area contributed by atoms with Gasteiger partial charge in [0.2, 0.25) is 0 Å². The second-order valence-electron chi connectivity index (χ2n) is 6.50. The van der Waals surface area contributed by atoms with Crippen molar-refractivity contribution in [1.82, 2.24) is 30.5 Å². The van der Waals surface area contributed by atoms with E-state index < -0.39 is 0 Å². The Morgan fingerprint density at radius 1 is 1.42 bits per heavy atom. The molecule has 7 nitrogen and oxygen atoms in total. The van der Waals surface area contributed by atoms with Crippen LogP contribution in [0.1, 0.15) is 42.2 Å². The van der Waals surface area contributed by atoms with E-state index in [-0.39, 0.29) is 12.1 Å². The molecule has 0 radical (unpaired) electrons. The fraction of sp³-hybridized carbons (Fsp3) is 0.471. The van der Waals surface area contributed by atoms with Crippen molar-refractivity contribution in [1.29, 1.82) is 0 Å². The molecule has 0 bridgehead atoms. The first-order chi connectivity index (χ1) is 11.7. The first-order valence-electron chi connectivity index (χ1n) is 8.46. The van der Waals surface area contributed by atoms with Crippen molar-refractivity contribution >= 4 is 6.03 Å². The van der Waals surface area contributed by atoms with Gasteiger partial charge >= 0.3 is 6.03 Å². The molecule has 4 rings (SSSR count). The van der Waals surface area contributed by atoms with Crippen LogP contribution in [0, 0.1) is 0 Å². The van der Waals surface area contributed by atoms with Crippen molar-refractivity contribution in [3.05, 3.63) is 47.3 Å². The van der Waals surface area contributed by atoms with Crippen molar-refractivity contribution in [2.75, 3.05) is 13.1 Å². The highest BCUT2D eigenvalue weighted by atomic mass is 16.2. The number of amides is 2. The lowest BCUT2D eigenvalue weighted by Crippen LogP contribution is -2.37. The molecule has 1 saturated heterocycles. The van der Waals surface area contributed by atoms with E-state index in [1.165, 1.54) is 11.1 Å². The number of urea groups is 1. The lowest BCUT2D eigenvalue weighted by atomic mass is 10.1. The maximum absolute atomic E-state index is 12.5. The number of benzene rings is 1. The molecule has 126 valence electrons. The van der Waals surface area contributed by atoms with Gasteiger partial charge in [0.1, 0.15) is 5.69 Å². The predicted molar refractivity (Wildman–Crippen MR) is 89.2 cm³/mol. The Labute approximate surface area is 141 Å². The van der Waals surface area contributed by atoms with Crippen LogP contribution in [-0.4, -0.2) is 39.0 Å². The number of rotatable bonds is 3. The summed E-state index contributed by atoms with van der Waals surface area (Å²) in [6.07, 6.45) is 3.00. The quantitative estimate of drug-likeness (QED) is 0.898. The average Bonchev–Trinajstić information content (AvgIpc) is 3.33. The highest BCUT2D eigenvalue weighted by Gasteiger charge is 2.29. The minimum Gasteiger partial charge on any atom is -0.332 e. The molecule has 2 atom stereocenters. The van der Waals surface area contributed by atoms with Gasteiger partial charge in [-0.3, -0.25) is 0 Å². The summed E-state index contributed by atoms with van der Waals surface area (Å²) in [4.78, 5) is 14.4. The first kappa shape index (κ1) is 15.1. The Morgan fingerprint density at radius 2 is 2.29 bits per heavy atom. The zero-order valence-corrected chi connectivity index (χ0v) is 13.8. The van der Waals surface area contributed by atoms with Gasteiger partial charge < -0.3 is 15.5 Å². The average molecular weight is 326 g/mol. The maximum Gasteiger partial charge on any atom is 0.318 e. The van der Waals surface area contributed by atoms with Gasteiger partial charge in [0, 0.05) is 13.1 Å². The van der Waals surface area contributed by atoms with Gasteiger partial charge in [0.05, 0.1) is 24.8 Å². The van der Waals surface area contributed by atoms with Gasteiger partial charge in [-0.05, 0) is 31.0 Å². The van der Waals surface area contributed by atoms with E-state index in [1.54, 1.807) is 0 Å². The molecule has 0 saturated carbocycles. The summed E-state index contributed by atoms with van der Waals surface area (Å²) >= 11 is 0. The third kappa shape index (κ3) is 2.75. The fourth-order valence-electron chi connectivity index (χ4n) is 3.53. The Balaban J connectivity index is 1.36. The van der Waals surface area contributed by atoms with Gasteiger partial charge in [0.25, 0.3) is 0 Å². The summed E-state index contributed by atoms with van der Waals surface area (Å²) in [7, 11) is 0. The molecule has 2 aliphatic heterocycles. The van der Waals surface area contributed by atoms with E-state index >= 15 is 0 Å². The van der Waals surface area contributed by atoms with Gasteiger partial charge in [-0.1, -0.05) is 29.5 Å². The van der Waals surface area contributed by atoms with E-state index in [1.807, 2.05) is 27.9 Å². The zero-order chi connectivity index (χ0) is 16.5. The molecule has 1 aromatic heterocycles. The van der Waals surface area contributed by atoms with E-state index in [4.69, 9.17) is 0 Å². The summed E-state index contributed by atoms with van der Waals surface area (Å²) in [6, 6.07) is 8.62. The molecule has 1 aromatic carbocycles. The van der Waals surface area contributed by atoms with Crippen LogP contribution in [0.2, 0.25) is 0 Å². The molecule has 1 fully saturated rings. The molecular formula is C17H22N6O. The van der Waals surface area contributed by atoms with E-state index in [0.717, 1.165) is 25.2 Å². The number of carbonyl (C=O) groups excluding carboxylic acids is 1. The number of nitrogens with one attached hydrogen (secondary N) is 2. The van der Waals surface area contributed by atoms with Crippen LogP contribution in [0.3, 0.4) is 0 Å². The van der Waals surface area contributed by atoms with Crippen LogP contribution in [0.4, 0.5) is 4.79 Å². The van der Waals surface area contributed by atoms with Crippen molar-refractivity contribution in [3.63, 3.8) is 0 Å². The smallest absolute Gasteiger partial charge is 0.318 e. The minimum atomic E-state index is -0.0595. The Bertz CT molecular complexity index is 736. The topological polar surface area (TPSA) is 75.1 Å². The fourth-order valence-corrected chi connectivity index (χ4v) is 3.53. The molecular weight excluding hydrogens is 304 g/mol. The van der Waals surface area contributed by atoms with E-state index in [0.29, 0.717) is 19.1 Å². The maximum atomic E-state index is 12.5. The lowest BCUT2D eigenvalue weighted by molar-refractivity contribution is 0.184. The van der Waals surface area contributed by atoms with Crippen LogP contribution < -0.4 is 10.6 Å². The zero-order valence-electron chi connectivity index (χ0n) is 13.8. The van der Waals surface area contributed by atoms with Crippen LogP contribution in [0.15, 0.2) is 30.5 Å². The van der Waals surface area contributed by atoms with Gasteiger partial charge in [-0.15, -0.1) is 5.10 Å². The molecule has 2 aromatic rings. The molecule has 2 amide bonds. The standard InChI is InChI=1S/C17H22N6O/c1-12-16-5-3-2-4-13(16)10-22(12)17(24)19-8-14-11-23(21-20-14)15-6-7-18-9-15/h2-5,11-12,15,18H,6-10H2,1H3,(H,19,24)/t12-,15?/m0/s1. The molecule has 2 aliphatic rings. The summed E-state index contributed by atoms with van der Waals surface area (Å²) in [5.41, 5.74) is 3.24. The third-order valence-corrected chi connectivity index (χ3v) is 4.96. The number of hydrogen-bond acceptors (Lipinski definition) is 4. The Hall–Kier alpha value is -2.41. The van der Waals surface area contributed by atoms with Crippen LogP contribution in [0.25, 0.3) is 0 Å². The summed E-state index contributed by atoms with van der Waals surface area (Å²) in [5.74, 6) is 0. The highest BCUT2D eigenvalue weighted by Crippen LogP contribution is 2.32. The van der Waals surface area contributed by atoms with Crippen molar-refractivity contribution in [2.24, 2.45) is 0 Å². The SMILES string of the molecule is C[C@H]1c2ccccc2CN1C(=O)NCc1cn(C2CCNC2)nn1. The highest BCUT2D eigenvalue weighted by molar-refractivity contribution is 5.75. The largest absolute Gasteiger partial charge is 0.332 e. The van der Waals surface area contributed by atoms with Crippen molar-refractivity contribution in [3.8, 4) is 0 Å². The third-order valence-electron chi connectivity index (χ3n) is 4.96. The van der Waals surface area contributed by atoms with Crippen LogP contribution in [0.5, 0.6) is 0 Å². The Morgan fingerprint density at radius 3 is 3.08 bits per heavy atom. The van der Waals surface area contributed by atoms with Crippen molar-refractivity contribution < 1.29 is 4.79 Å². The number of fused-ring (bicyclic) bond motifs is 1. The molecule has 1 unspecified atom stereocenters. The van der Waals surface area contributed by atoms with E-state index in [9.17, 15) is 4.79 Å². The number of aromatic nitrogens is 3. The normalized spacial score (nSPS) is 22.6. The molecule has 2 N–H and O–H groups in total. The molecule has 3 heterocycles. The van der Waals surface area contributed by atoms with Gasteiger partial charge in [0.15, 0.2) is 0 Å². The van der Waals surface area contributed by atoms with Gasteiger partial charge in [-0.25, -0.2) is 9.48 Å². The van der Waals surface area contributed by atoms with Crippen LogP contribution in [-0.2, 0) is 13.1 Å². The van der Waals surface area contributed by atoms with Crippen molar-refractivity contribution in [2.45, 2.75) is 38.5 Å². The molecule has 0 spiro atoms. The Kier molecular flexibility index (Phi) is 3.93.